The van der Waals surface area contributed by atoms with Crippen LogP contribution in [0.3, 0.4) is 0 Å². The van der Waals surface area contributed by atoms with Gasteiger partial charge in [-0.25, -0.2) is 4.98 Å². The van der Waals surface area contributed by atoms with Gasteiger partial charge < -0.3 is 20.5 Å². The maximum atomic E-state index is 10.8. The van der Waals surface area contributed by atoms with Crippen LogP contribution in [0, 0.1) is 10.1 Å². The van der Waals surface area contributed by atoms with Crippen LogP contribution in [0.15, 0.2) is 18.3 Å². The molecule has 0 spiro atoms. The van der Waals surface area contributed by atoms with Gasteiger partial charge in [-0.1, -0.05) is 9.61 Å². The summed E-state index contributed by atoms with van der Waals surface area (Å²) in [7, 11) is 0. The van der Waals surface area contributed by atoms with E-state index in [1.807, 2.05) is 6.92 Å². The molecule has 0 aliphatic carbocycles. The maximum absolute atomic E-state index is 10.8. The number of nitrogens with zero attached hydrogens (tertiary/aromatic N) is 4. The summed E-state index contributed by atoms with van der Waals surface area (Å²) < 4.78 is 1.20. The average Bonchev–Trinajstić information content (AvgIpc) is 2.79. The van der Waals surface area contributed by atoms with Crippen LogP contribution in [0.2, 0.25) is 0 Å². The number of nitrogens with one attached hydrogen (secondary N) is 1. The van der Waals surface area contributed by atoms with E-state index < -0.39 is 4.92 Å². The van der Waals surface area contributed by atoms with E-state index in [4.69, 9.17) is 5.11 Å². The zero-order valence-electron chi connectivity index (χ0n) is 10.5. The fourth-order valence-corrected chi connectivity index (χ4v) is 1.78. The zero-order chi connectivity index (χ0) is 13.8. The molecule has 0 saturated carbocycles. The van der Waals surface area contributed by atoms with Gasteiger partial charge in [0.2, 0.25) is 5.65 Å². The van der Waals surface area contributed by atoms with E-state index in [0.29, 0.717) is 17.9 Å². The van der Waals surface area contributed by atoms with Crippen LogP contribution in [-0.2, 0) is 0 Å². The molecule has 1 unspecified atom stereocenters. The van der Waals surface area contributed by atoms with Crippen molar-refractivity contribution in [3.63, 3.8) is 0 Å². The maximum Gasteiger partial charge on any atom is 0.368 e. The summed E-state index contributed by atoms with van der Waals surface area (Å²) in [6.45, 7) is 2.11. The second kappa shape index (κ2) is 5.61. The summed E-state index contributed by atoms with van der Waals surface area (Å²) in [6.07, 6.45) is 2.67. The van der Waals surface area contributed by atoms with Crippen molar-refractivity contribution >= 4 is 17.3 Å². The van der Waals surface area contributed by atoms with E-state index in [1.54, 1.807) is 12.1 Å². The third-order valence-electron chi connectivity index (χ3n) is 2.72. The first-order valence-corrected chi connectivity index (χ1v) is 5.98. The van der Waals surface area contributed by atoms with E-state index in [0.717, 1.165) is 6.42 Å². The van der Waals surface area contributed by atoms with E-state index in [1.165, 1.54) is 10.7 Å². The molecule has 2 rings (SSSR count). The Labute approximate surface area is 109 Å². The minimum absolute atomic E-state index is 0.125. The predicted octanol–water partition coefficient (Wildman–Crippen LogP) is 1.21. The van der Waals surface area contributed by atoms with Gasteiger partial charge in [-0.3, -0.25) is 0 Å². The molecule has 1 atom stereocenters. The quantitative estimate of drug-likeness (QED) is 0.600. The van der Waals surface area contributed by atoms with Gasteiger partial charge in [0.25, 0.3) is 0 Å². The first-order valence-electron chi connectivity index (χ1n) is 5.98. The fourth-order valence-electron chi connectivity index (χ4n) is 1.78. The molecule has 0 radical (unpaired) electrons. The molecule has 2 aromatic rings. The molecule has 0 aliphatic rings. The Morgan fingerprint density at radius 3 is 3.05 bits per heavy atom. The first kappa shape index (κ1) is 13.2. The van der Waals surface area contributed by atoms with Crippen molar-refractivity contribution in [3.8, 4) is 0 Å². The summed E-state index contributed by atoms with van der Waals surface area (Å²) in [6, 6.07) is 3.52. The van der Waals surface area contributed by atoms with Crippen LogP contribution in [0.5, 0.6) is 0 Å². The van der Waals surface area contributed by atoms with Gasteiger partial charge >= 0.3 is 5.82 Å². The fraction of sp³-hybridized carbons (Fsp3) is 0.455. The topological polar surface area (TPSA) is 106 Å². The number of fused-ring (bicyclic) bond motifs is 1. The Balaban J connectivity index is 2.20. The first-order chi connectivity index (χ1) is 9.11. The third kappa shape index (κ3) is 2.97. The van der Waals surface area contributed by atoms with Crippen LogP contribution in [0.4, 0.5) is 11.6 Å². The molecule has 0 fully saturated rings. The normalized spacial score (nSPS) is 12.5. The number of aliphatic hydroxyl groups is 1. The number of imidazole rings is 1. The lowest BCUT2D eigenvalue weighted by molar-refractivity contribution is -0.391. The molecule has 0 amide bonds. The zero-order valence-corrected chi connectivity index (χ0v) is 10.5. The SMILES string of the molecule is CC(CCCO)Nc1ccc2ncc([N+](=O)[O-])n2n1. The largest absolute Gasteiger partial charge is 0.396 e. The van der Waals surface area contributed by atoms with Gasteiger partial charge in [0, 0.05) is 18.7 Å². The lowest BCUT2D eigenvalue weighted by Gasteiger charge is -2.12. The van der Waals surface area contributed by atoms with Crippen molar-refractivity contribution in [1.29, 1.82) is 0 Å². The Hall–Kier alpha value is -2.22. The Morgan fingerprint density at radius 1 is 1.58 bits per heavy atom. The second-order valence-electron chi connectivity index (χ2n) is 4.27. The van der Waals surface area contributed by atoms with Crippen LogP contribution < -0.4 is 5.32 Å². The van der Waals surface area contributed by atoms with E-state index in [9.17, 15) is 10.1 Å². The standard InChI is InChI=1S/C11H15N5O3/c1-8(3-2-6-17)13-9-4-5-10-12-7-11(16(18)19)15(10)14-9/h4-5,7-8,17H,2-3,6H2,1H3,(H,13,14). The number of hydrogen-bond acceptors (Lipinski definition) is 6. The van der Waals surface area contributed by atoms with Crippen molar-refractivity contribution < 1.29 is 10.0 Å². The van der Waals surface area contributed by atoms with Gasteiger partial charge in [-0.05, 0) is 30.8 Å². The molecule has 0 aliphatic heterocycles. The number of aromatic nitrogens is 3. The van der Waals surface area contributed by atoms with Crippen molar-refractivity contribution in [2.24, 2.45) is 0 Å². The smallest absolute Gasteiger partial charge is 0.368 e. The van der Waals surface area contributed by atoms with Crippen LogP contribution in [0.1, 0.15) is 19.8 Å². The molecule has 0 bridgehead atoms. The van der Waals surface area contributed by atoms with Crippen LogP contribution >= 0.6 is 0 Å². The number of rotatable bonds is 6. The van der Waals surface area contributed by atoms with Crippen LogP contribution in [0.25, 0.3) is 5.65 Å². The average molecular weight is 265 g/mol. The number of aliphatic hydroxyl groups excluding tert-OH is 1. The molecule has 2 heterocycles. The van der Waals surface area contributed by atoms with Crippen molar-refractivity contribution in [1.82, 2.24) is 14.6 Å². The third-order valence-corrected chi connectivity index (χ3v) is 2.72. The molecule has 2 aromatic heterocycles. The molecule has 0 saturated heterocycles. The van der Waals surface area contributed by atoms with Crippen LogP contribution in [-0.4, -0.2) is 37.3 Å². The molecule has 2 N–H and O–H groups in total. The number of hydrogen-bond donors (Lipinski definition) is 2. The highest BCUT2D eigenvalue weighted by Gasteiger charge is 2.16. The highest BCUT2D eigenvalue weighted by atomic mass is 16.6. The summed E-state index contributed by atoms with van der Waals surface area (Å²) in [4.78, 5) is 14.2. The summed E-state index contributed by atoms with van der Waals surface area (Å²) in [5.41, 5.74) is 0.431. The number of nitro groups is 1. The van der Waals surface area contributed by atoms with Crippen molar-refractivity contribution in [2.45, 2.75) is 25.8 Å². The number of anilines is 1. The van der Waals surface area contributed by atoms with Gasteiger partial charge in [-0.2, -0.15) is 0 Å². The molecule has 8 nitrogen and oxygen atoms in total. The minimum atomic E-state index is -0.522. The lowest BCUT2D eigenvalue weighted by Crippen LogP contribution is -2.17. The van der Waals surface area contributed by atoms with E-state index >= 15 is 0 Å². The summed E-state index contributed by atoms with van der Waals surface area (Å²) >= 11 is 0. The van der Waals surface area contributed by atoms with E-state index in [-0.39, 0.29) is 18.5 Å². The predicted molar refractivity (Wildman–Crippen MR) is 69.0 cm³/mol. The highest BCUT2D eigenvalue weighted by Crippen LogP contribution is 2.15. The lowest BCUT2D eigenvalue weighted by atomic mass is 10.2. The monoisotopic (exact) mass is 265 g/mol. The molecule has 8 heteroatoms. The van der Waals surface area contributed by atoms with Gasteiger partial charge in [0.15, 0.2) is 5.82 Å². The Kier molecular flexibility index (Phi) is 3.91. The summed E-state index contributed by atoms with van der Waals surface area (Å²) in [5.74, 6) is 0.376. The molecule has 0 aromatic carbocycles. The van der Waals surface area contributed by atoms with Gasteiger partial charge in [-0.15, -0.1) is 0 Å². The molecule has 19 heavy (non-hydrogen) atoms. The molecule has 102 valence electrons. The van der Waals surface area contributed by atoms with Crippen molar-refractivity contribution in [2.75, 3.05) is 11.9 Å². The van der Waals surface area contributed by atoms with Gasteiger partial charge in [0.05, 0.1) is 0 Å². The minimum Gasteiger partial charge on any atom is -0.396 e. The highest BCUT2D eigenvalue weighted by molar-refractivity contribution is 5.48. The second-order valence-corrected chi connectivity index (χ2v) is 4.27. The molecular weight excluding hydrogens is 250 g/mol. The summed E-state index contributed by atoms with van der Waals surface area (Å²) in [5, 5.41) is 26.8. The Morgan fingerprint density at radius 2 is 2.37 bits per heavy atom. The van der Waals surface area contributed by atoms with E-state index in [2.05, 4.69) is 15.4 Å². The Bertz CT molecular complexity index is 583. The molecular formula is C11H15N5O3. The van der Waals surface area contributed by atoms with Crippen molar-refractivity contribution in [3.05, 3.63) is 28.4 Å². The van der Waals surface area contributed by atoms with Gasteiger partial charge in [0.1, 0.15) is 6.20 Å².